The zero-order chi connectivity index (χ0) is 15.1. The minimum absolute atomic E-state index is 0.183. The summed E-state index contributed by atoms with van der Waals surface area (Å²) in [6.45, 7) is 2.80. The molecular weight excluding hydrogens is 260 g/mol. The quantitative estimate of drug-likeness (QED) is 0.814. The van der Waals surface area contributed by atoms with Gasteiger partial charge in [-0.05, 0) is 23.6 Å². The summed E-state index contributed by atoms with van der Waals surface area (Å²) in [6.07, 6.45) is 3.13. The van der Waals surface area contributed by atoms with E-state index in [-0.39, 0.29) is 11.8 Å². The van der Waals surface area contributed by atoms with Crippen molar-refractivity contribution in [2.75, 3.05) is 13.6 Å². The second kappa shape index (κ2) is 7.58. The van der Waals surface area contributed by atoms with Crippen molar-refractivity contribution in [2.24, 2.45) is 0 Å². The lowest BCUT2D eigenvalue weighted by Gasteiger charge is -2.19. The Morgan fingerprint density at radius 3 is 2.52 bits per heavy atom. The van der Waals surface area contributed by atoms with E-state index in [4.69, 9.17) is 0 Å². The van der Waals surface area contributed by atoms with Gasteiger partial charge in [0.2, 0.25) is 5.91 Å². The molecule has 2 rings (SSSR count). The number of benzene rings is 1. The molecule has 0 aliphatic rings. The van der Waals surface area contributed by atoms with E-state index < -0.39 is 0 Å². The van der Waals surface area contributed by atoms with Gasteiger partial charge in [0.1, 0.15) is 0 Å². The molecule has 0 saturated heterocycles. The minimum atomic E-state index is 0.183. The molecule has 1 atom stereocenters. The smallest absolute Gasteiger partial charge is 0.222 e. The number of nitrogens with zero attached hydrogens (tertiary/aromatic N) is 2. The highest BCUT2D eigenvalue weighted by molar-refractivity contribution is 5.76. The van der Waals surface area contributed by atoms with Gasteiger partial charge in [-0.3, -0.25) is 9.78 Å². The van der Waals surface area contributed by atoms with Crippen LogP contribution in [0.3, 0.4) is 0 Å². The van der Waals surface area contributed by atoms with E-state index in [9.17, 15) is 4.79 Å². The highest BCUT2D eigenvalue weighted by atomic mass is 16.2. The van der Waals surface area contributed by atoms with Gasteiger partial charge in [-0.2, -0.15) is 0 Å². The molecule has 110 valence electrons. The fourth-order valence-corrected chi connectivity index (χ4v) is 2.27. The van der Waals surface area contributed by atoms with Crippen LogP contribution in [-0.2, 0) is 11.2 Å². The summed E-state index contributed by atoms with van der Waals surface area (Å²) in [7, 11) is 1.86. The molecule has 1 unspecified atom stereocenters. The van der Waals surface area contributed by atoms with Crippen molar-refractivity contribution in [3.05, 3.63) is 66.0 Å². The third-order valence-corrected chi connectivity index (χ3v) is 3.70. The first-order valence-electron chi connectivity index (χ1n) is 7.35. The molecule has 0 saturated carbocycles. The molecule has 3 heteroatoms. The van der Waals surface area contributed by atoms with Crippen LogP contribution in [0.5, 0.6) is 0 Å². The molecule has 3 nitrogen and oxygen atoms in total. The Kier molecular flexibility index (Phi) is 5.50. The standard InChI is InChI=1S/C18H22N2O/c1-15(16-8-4-3-5-9-16)14-18(21)20(2)13-11-17-10-6-7-12-19-17/h3-10,12,15H,11,13-14H2,1-2H3. The number of hydrogen-bond acceptors (Lipinski definition) is 2. The zero-order valence-corrected chi connectivity index (χ0v) is 12.7. The van der Waals surface area contributed by atoms with Crippen LogP contribution in [0.2, 0.25) is 0 Å². The van der Waals surface area contributed by atoms with Crippen LogP contribution in [0.4, 0.5) is 0 Å². The molecule has 0 radical (unpaired) electrons. The number of hydrogen-bond donors (Lipinski definition) is 0. The van der Waals surface area contributed by atoms with Gasteiger partial charge in [-0.1, -0.05) is 43.3 Å². The Morgan fingerprint density at radius 2 is 1.86 bits per heavy atom. The lowest BCUT2D eigenvalue weighted by atomic mass is 9.97. The van der Waals surface area contributed by atoms with Gasteiger partial charge in [-0.15, -0.1) is 0 Å². The van der Waals surface area contributed by atoms with Gasteiger partial charge in [0.05, 0.1) is 0 Å². The Balaban J connectivity index is 1.82. The van der Waals surface area contributed by atoms with Gasteiger partial charge < -0.3 is 4.90 Å². The summed E-state index contributed by atoms with van der Waals surface area (Å²) in [6, 6.07) is 16.0. The van der Waals surface area contributed by atoms with E-state index in [1.165, 1.54) is 5.56 Å². The molecule has 1 aromatic heterocycles. The number of carbonyl (C=O) groups is 1. The second-order valence-corrected chi connectivity index (χ2v) is 5.40. The molecule has 0 fully saturated rings. The Labute approximate surface area is 126 Å². The highest BCUT2D eigenvalue weighted by Gasteiger charge is 2.14. The first-order valence-corrected chi connectivity index (χ1v) is 7.35. The predicted molar refractivity (Wildman–Crippen MR) is 85.1 cm³/mol. The lowest BCUT2D eigenvalue weighted by Crippen LogP contribution is -2.29. The molecule has 21 heavy (non-hydrogen) atoms. The molecule has 2 aromatic rings. The van der Waals surface area contributed by atoms with E-state index in [0.717, 1.165) is 12.1 Å². The van der Waals surface area contributed by atoms with E-state index in [1.807, 2.05) is 43.4 Å². The molecule has 1 aromatic carbocycles. The molecule has 0 aliphatic heterocycles. The van der Waals surface area contributed by atoms with Crippen molar-refractivity contribution in [3.8, 4) is 0 Å². The van der Waals surface area contributed by atoms with Crippen LogP contribution in [0, 0.1) is 0 Å². The average Bonchev–Trinajstić information content (AvgIpc) is 2.54. The second-order valence-electron chi connectivity index (χ2n) is 5.40. The van der Waals surface area contributed by atoms with Crippen molar-refractivity contribution in [1.82, 2.24) is 9.88 Å². The average molecular weight is 282 g/mol. The maximum atomic E-state index is 12.3. The number of rotatable bonds is 6. The number of pyridine rings is 1. The number of likely N-dealkylation sites (N-methyl/N-ethyl adjacent to an activating group) is 1. The third-order valence-electron chi connectivity index (χ3n) is 3.70. The Bertz CT molecular complexity index is 554. The molecule has 0 aliphatic carbocycles. The monoisotopic (exact) mass is 282 g/mol. The van der Waals surface area contributed by atoms with E-state index in [0.29, 0.717) is 13.0 Å². The predicted octanol–water partition coefficient (Wildman–Crippen LogP) is 3.28. The van der Waals surface area contributed by atoms with Gasteiger partial charge in [0, 0.05) is 38.3 Å². The van der Waals surface area contributed by atoms with Crippen LogP contribution in [0.15, 0.2) is 54.7 Å². The zero-order valence-electron chi connectivity index (χ0n) is 12.7. The minimum Gasteiger partial charge on any atom is -0.345 e. The summed E-state index contributed by atoms with van der Waals surface area (Å²) in [4.78, 5) is 18.3. The molecule has 0 spiro atoms. The third kappa shape index (κ3) is 4.71. The van der Waals surface area contributed by atoms with Crippen LogP contribution >= 0.6 is 0 Å². The van der Waals surface area contributed by atoms with Gasteiger partial charge >= 0.3 is 0 Å². The topological polar surface area (TPSA) is 33.2 Å². The van der Waals surface area contributed by atoms with Gasteiger partial charge in [0.25, 0.3) is 0 Å². The number of aromatic nitrogens is 1. The summed E-state index contributed by atoms with van der Waals surface area (Å²) in [5.74, 6) is 0.429. The molecule has 1 heterocycles. The fraction of sp³-hybridized carbons (Fsp3) is 0.333. The number of carbonyl (C=O) groups excluding carboxylic acids is 1. The number of amides is 1. The van der Waals surface area contributed by atoms with Crippen LogP contribution in [0.1, 0.15) is 30.5 Å². The van der Waals surface area contributed by atoms with Crippen molar-refractivity contribution >= 4 is 5.91 Å². The van der Waals surface area contributed by atoms with Gasteiger partial charge in [-0.25, -0.2) is 0 Å². The summed E-state index contributed by atoms with van der Waals surface area (Å²) < 4.78 is 0. The van der Waals surface area contributed by atoms with E-state index >= 15 is 0 Å². The molecular formula is C18H22N2O. The fourth-order valence-electron chi connectivity index (χ4n) is 2.27. The van der Waals surface area contributed by atoms with Gasteiger partial charge in [0.15, 0.2) is 0 Å². The van der Waals surface area contributed by atoms with Crippen molar-refractivity contribution in [1.29, 1.82) is 0 Å². The first kappa shape index (κ1) is 15.2. The maximum Gasteiger partial charge on any atom is 0.222 e. The van der Waals surface area contributed by atoms with Crippen molar-refractivity contribution in [3.63, 3.8) is 0 Å². The lowest BCUT2D eigenvalue weighted by molar-refractivity contribution is -0.130. The van der Waals surface area contributed by atoms with Crippen molar-refractivity contribution in [2.45, 2.75) is 25.7 Å². The summed E-state index contributed by atoms with van der Waals surface area (Å²) in [5, 5.41) is 0. The van der Waals surface area contributed by atoms with Crippen molar-refractivity contribution < 1.29 is 4.79 Å². The first-order chi connectivity index (χ1) is 10.2. The molecule has 0 bridgehead atoms. The Hall–Kier alpha value is -2.16. The van der Waals surface area contributed by atoms with Crippen LogP contribution in [0.25, 0.3) is 0 Å². The van der Waals surface area contributed by atoms with E-state index in [2.05, 4.69) is 24.0 Å². The van der Waals surface area contributed by atoms with Crippen LogP contribution in [-0.4, -0.2) is 29.4 Å². The summed E-state index contributed by atoms with van der Waals surface area (Å²) >= 11 is 0. The Morgan fingerprint density at radius 1 is 1.14 bits per heavy atom. The summed E-state index contributed by atoms with van der Waals surface area (Å²) in [5.41, 5.74) is 2.23. The van der Waals surface area contributed by atoms with E-state index in [1.54, 1.807) is 11.1 Å². The maximum absolute atomic E-state index is 12.3. The SMILES string of the molecule is CC(CC(=O)N(C)CCc1ccccn1)c1ccccc1. The highest BCUT2D eigenvalue weighted by Crippen LogP contribution is 2.19. The van der Waals surface area contributed by atoms with Crippen LogP contribution < -0.4 is 0 Å². The largest absolute Gasteiger partial charge is 0.345 e. The normalized spacial score (nSPS) is 11.9. The molecule has 0 N–H and O–H groups in total. The molecule has 1 amide bonds.